The Morgan fingerprint density at radius 1 is 1.13 bits per heavy atom. The molecular weight excluding hydrogens is 610 g/mol. The molecule has 15 heteroatoms. The molecule has 47 heavy (non-hydrogen) atoms. The number of methoxy groups -OCH3 is 1. The number of hydrogen-bond donors (Lipinski definition) is 7. The number of amides is 2. The first-order valence-electron chi connectivity index (χ1n) is 15.3. The van der Waals surface area contributed by atoms with E-state index in [-0.39, 0.29) is 41.2 Å². The summed E-state index contributed by atoms with van der Waals surface area (Å²) in [5.41, 5.74) is 14.0. The largest absolute Gasteiger partial charge is 0.494 e. The highest BCUT2D eigenvalue weighted by atomic mass is 19.2. The Labute approximate surface area is 270 Å². The average Bonchev–Trinajstić information content (AvgIpc) is 3.47. The minimum atomic E-state index is -1.08. The van der Waals surface area contributed by atoms with E-state index in [2.05, 4.69) is 31.2 Å². The highest BCUT2D eigenvalue weighted by Crippen LogP contribution is 2.32. The topological polar surface area (TPSA) is 198 Å². The number of guanidine groups is 1. The number of rotatable bonds is 13. The van der Waals surface area contributed by atoms with Crippen LogP contribution in [0.5, 0.6) is 5.75 Å². The first kappa shape index (κ1) is 33.1. The number of aromatic nitrogens is 3. The van der Waals surface area contributed by atoms with Gasteiger partial charge in [0.1, 0.15) is 0 Å². The van der Waals surface area contributed by atoms with Crippen LogP contribution in [0.4, 0.5) is 20.3 Å². The molecule has 1 atom stereocenters. The van der Waals surface area contributed by atoms with E-state index < -0.39 is 17.7 Å². The first-order valence-corrected chi connectivity index (χ1v) is 15.3. The van der Waals surface area contributed by atoms with Crippen molar-refractivity contribution in [3.63, 3.8) is 0 Å². The molecule has 9 N–H and O–H groups in total. The fourth-order valence-electron chi connectivity index (χ4n) is 5.52. The normalized spacial score (nSPS) is 16.2. The third-order valence-corrected chi connectivity index (χ3v) is 8.13. The van der Waals surface area contributed by atoms with E-state index in [4.69, 9.17) is 21.6 Å². The highest BCUT2D eigenvalue weighted by molar-refractivity contribution is 5.96. The van der Waals surface area contributed by atoms with Crippen molar-refractivity contribution in [1.82, 2.24) is 30.3 Å². The zero-order valence-corrected chi connectivity index (χ0v) is 26.1. The van der Waals surface area contributed by atoms with Gasteiger partial charge >= 0.3 is 0 Å². The molecule has 2 heterocycles. The number of halogens is 2. The van der Waals surface area contributed by atoms with Crippen LogP contribution in [0.1, 0.15) is 48.5 Å². The third kappa shape index (κ3) is 7.41. The number of hydrogen-bond acceptors (Lipinski definition) is 8. The predicted molar refractivity (Wildman–Crippen MR) is 174 cm³/mol. The van der Waals surface area contributed by atoms with Crippen LogP contribution in [-0.2, 0) is 11.2 Å². The van der Waals surface area contributed by atoms with E-state index in [1.165, 1.54) is 31.6 Å². The van der Waals surface area contributed by atoms with Crippen molar-refractivity contribution in [2.75, 3.05) is 19.0 Å². The lowest BCUT2D eigenvalue weighted by atomic mass is 9.86. The fourth-order valence-corrected chi connectivity index (χ4v) is 5.52. The number of aryl methyl sites for hydroxylation is 1. The number of ether oxygens (including phenoxy) is 1. The van der Waals surface area contributed by atoms with Gasteiger partial charge in [0, 0.05) is 47.8 Å². The van der Waals surface area contributed by atoms with Crippen LogP contribution in [0, 0.1) is 17.0 Å². The predicted octanol–water partition coefficient (Wildman–Crippen LogP) is 2.96. The molecule has 0 bridgehead atoms. The van der Waals surface area contributed by atoms with Gasteiger partial charge in [-0.15, -0.1) is 0 Å². The second-order valence-electron chi connectivity index (χ2n) is 11.3. The summed E-state index contributed by atoms with van der Waals surface area (Å²) in [4.78, 5) is 34.4. The molecule has 1 fully saturated rings. The number of fused-ring (bicyclic) bond motifs is 1. The van der Waals surface area contributed by atoms with Gasteiger partial charge in [-0.2, -0.15) is 4.39 Å². The number of nitrogens with two attached hydrogens (primary N) is 2. The van der Waals surface area contributed by atoms with Crippen LogP contribution in [0.2, 0.25) is 0 Å². The Morgan fingerprint density at radius 2 is 1.89 bits per heavy atom. The molecule has 0 aliphatic heterocycles. The lowest BCUT2D eigenvalue weighted by molar-refractivity contribution is -0.123. The second kappa shape index (κ2) is 14.4. The Kier molecular flexibility index (Phi) is 10.1. The van der Waals surface area contributed by atoms with Crippen molar-refractivity contribution in [2.24, 2.45) is 11.5 Å². The number of carbonyl (C=O) groups is 2. The minimum Gasteiger partial charge on any atom is -0.494 e. The highest BCUT2D eigenvalue weighted by Gasteiger charge is 2.33. The van der Waals surface area contributed by atoms with Crippen molar-refractivity contribution in [3.05, 3.63) is 71.7 Å². The fraction of sp³-hybridized carbons (Fsp3) is 0.344. The van der Waals surface area contributed by atoms with E-state index in [0.29, 0.717) is 67.1 Å². The number of benzene rings is 2. The first-order chi connectivity index (χ1) is 22.6. The second-order valence-corrected chi connectivity index (χ2v) is 11.3. The zero-order chi connectivity index (χ0) is 33.7. The molecule has 2 aromatic carbocycles. The Hall–Kier alpha value is -5.31. The lowest BCUT2D eigenvalue weighted by Gasteiger charge is -2.37. The molecule has 13 nitrogen and oxygen atoms in total. The zero-order valence-electron chi connectivity index (χ0n) is 26.1. The van der Waals surface area contributed by atoms with Crippen molar-refractivity contribution in [3.8, 4) is 17.0 Å². The van der Waals surface area contributed by atoms with Crippen LogP contribution in [-0.4, -0.2) is 63.9 Å². The van der Waals surface area contributed by atoms with E-state index >= 15 is 0 Å². The molecule has 0 saturated heterocycles. The summed E-state index contributed by atoms with van der Waals surface area (Å²) in [7, 11) is 1.27. The Morgan fingerprint density at radius 3 is 2.62 bits per heavy atom. The van der Waals surface area contributed by atoms with Crippen molar-refractivity contribution in [1.29, 1.82) is 5.41 Å². The van der Waals surface area contributed by atoms with Crippen LogP contribution in [0.3, 0.4) is 0 Å². The van der Waals surface area contributed by atoms with E-state index in [0.717, 1.165) is 5.56 Å². The van der Waals surface area contributed by atoms with Crippen LogP contribution >= 0.6 is 0 Å². The van der Waals surface area contributed by atoms with Gasteiger partial charge in [0.15, 0.2) is 29.0 Å². The minimum absolute atomic E-state index is 0.0237. The molecule has 4 aromatic rings. The number of nitrogens with one attached hydrogen (secondary N) is 5. The monoisotopic (exact) mass is 648 g/mol. The third-order valence-electron chi connectivity index (χ3n) is 8.13. The van der Waals surface area contributed by atoms with E-state index in [9.17, 15) is 18.4 Å². The molecule has 2 aromatic heterocycles. The van der Waals surface area contributed by atoms with E-state index in [1.807, 2.05) is 13.0 Å². The Balaban J connectivity index is 1.19. The maximum atomic E-state index is 14.9. The van der Waals surface area contributed by atoms with Crippen LogP contribution in [0.25, 0.3) is 16.9 Å². The summed E-state index contributed by atoms with van der Waals surface area (Å²) >= 11 is 0. The standard InChI is InChI=1S/C32H38F2N10O3/c1-3-17-13-18(41-28-29-40-16-24(44(29)12-11-38-28)22-8-9-25(47-2)27(34)26(22)33)6-7-21(17)30(45)42-19-14-20(15-19)43-31(46)23(35)5-4-10-39-32(36)37/h6-9,11-13,16,19-20,23H,3-5,10,14-15,35H2,1-2H3,(H,38,41)(H,42,45)(H,43,46)(H4,36,37,39). The molecule has 1 aliphatic carbocycles. The van der Waals surface area contributed by atoms with Gasteiger partial charge in [-0.25, -0.2) is 14.4 Å². The molecule has 0 spiro atoms. The smallest absolute Gasteiger partial charge is 0.251 e. The van der Waals surface area contributed by atoms with Gasteiger partial charge in [0.05, 0.1) is 25.0 Å². The number of nitrogens with zero attached hydrogens (tertiary/aromatic N) is 3. The van der Waals surface area contributed by atoms with Gasteiger partial charge in [0.2, 0.25) is 11.7 Å². The maximum absolute atomic E-state index is 14.9. The summed E-state index contributed by atoms with van der Waals surface area (Å²) in [6, 6.07) is 7.35. The van der Waals surface area contributed by atoms with Crippen LogP contribution in [0.15, 0.2) is 48.9 Å². The molecule has 2 amide bonds. The van der Waals surface area contributed by atoms with Gasteiger partial charge in [-0.3, -0.25) is 19.4 Å². The Bertz CT molecular complexity index is 1790. The average molecular weight is 649 g/mol. The molecule has 1 unspecified atom stereocenters. The quantitative estimate of drug-likeness (QED) is 0.0647. The summed E-state index contributed by atoms with van der Waals surface area (Å²) in [6.45, 7) is 2.42. The van der Waals surface area contributed by atoms with Crippen LogP contribution < -0.4 is 37.5 Å². The van der Waals surface area contributed by atoms with Crippen molar-refractivity contribution < 1.29 is 23.1 Å². The van der Waals surface area contributed by atoms with Gasteiger partial charge in [0.25, 0.3) is 5.91 Å². The van der Waals surface area contributed by atoms with Gasteiger partial charge < -0.3 is 37.5 Å². The number of carbonyl (C=O) groups excluding carboxylic acids is 2. The number of anilines is 2. The van der Waals surface area contributed by atoms with Gasteiger partial charge in [-0.1, -0.05) is 6.92 Å². The molecule has 0 radical (unpaired) electrons. The van der Waals surface area contributed by atoms with E-state index in [1.54, 1.807) is 22.7 Å². The summed E-state index contributed by atoms with van der Waals surface area (Å²) in [6.07, 6.45) is 7.44. The lowest BCUT2D eigenvalue weighted by Crippen LogP contribution is -2.56. The van der Waals surface area contributed by atoms with Gasteiger partial charge in [-0.05, 0) is 68.0 Å². The maximum Gasteiger partial charge on any atom is 0.251 e. The summed E-state index contributed by atoms with van der Waals surface area (Å²) in [5, 5.41) is 19.0. The molecule has 5 rings (SSSR count). The summed E-state index contributed by atoms with van der Waals surface area (Å²) in [5.74, 6) is -2.49. The summed E-state index contributed by atoms with van der Waals surface area (Å²) < 4.78 is 35.8. The molecule has 248 valence electrons. The van der Waals surface area contributed by atoms with Crippen molar-refractivity contribution in [2.45, 2.75) is 57.2 Å². The molecule has 1 aliphatic rings. The van der Waals surface area contributed by atoms with Crippen molar-refractivity contribution >= 4 is 34.9 Å². The number of imidazole rings is 1. The SMILES string of the molecule is CCc1cc(Nc2nccn3c(-c4ccc(OC)c(F)c4F)cnc23)ccc1C(=O)NC1CC(NC(=O)C(N)CCCNC(=N)N)C1. The molecule has 1 saturated carbocycles. The molecular formula is C32H38F2N10O3.